The number of anilines is 1. The minimum atomic E-state index is -0.392. The smallest absolute Gasteiger partial charge is 0.255 e. The van der Waals surface area contributed by atoms with Crippen molar-refractivity contribution < 1.29 is 9.18 Å². The maximum atomic E-state index is 13.8. The monoisotopic (exact) mass is 266 g/mol. The van der Waals surface area contributed by atoms with E-state index in [9.17, 15) is 9.18 Å². The van der Waals surface area contributed by atoms with E-state index in [1.54, 1.807) is 24.1 Å². The molecule has 1 amide bonds. The number of hydrogen-bond donors (Lipinski definition) is 1. The lowest BCUT2D eigenvalue weighted by Gasteiger charge is -2.27. The predicted octanol–water partition coefficient (Wildman–Crippen LogP) is 3.38. The van der Waals surface area contributed by atoms with Gasteiger partial charge in [-0.1, -0.05) is 26.8 Å². The molecule has 0 aliphatic heterocycles. The summed E-state index contributed by atoms with van der Waals surface area (Å²) >= 11 is 0. The van der Waals surface area contributed by atoms with Crippen molar-refractivity contribution in [3.63, 3.8) is 0 Å². The third-order valence-corrected chi connectivity index (χ3v) is 2.66. The molecule has 1 aromatic carbocycles. The van der Waals surface area contributed by atoms with E-state index < -0.39 is 5.82 Å². The Labute approximate surface area is 114 Å². The zero-order chi connectivity index (χ0) is 14.6. The van der Waals surface area contributed by atoms with Gasteiger partial charge in [-0.2, -0.15) is 0 Å². The quantitative estimate of drug-likeness (QED) is 0.906. The molecule has 0 bridgehead atoms. The van der Waals surface area contributed by atoms with Crippen molar-refractivity contribution in [3.8, 4) is 0 Å². The highest BCUT2D eigenvalue weighted by molar-refractivity contribution is 5.99. The van der Waals surface area contributed by atoms with Gasteiger partial charge in [0, 0.05) is 20.1 Å². The maximum Gasteiger partial charge on any atom is 0.255 e. The second-order valence-electron chi connectivity index (χ2n) is 5.91. The van der Waals surface area contributed by atoms with Crippen molar-refractivity contribution in [1.82, 2.24) is 4.90 Å². The van der Waals surface area contributed by atoms with Gasteiger partial charge in [-0.15, -0.1) is 0 Å². The first-order valence-corrected chi connectivity index (χ1v) is 6.54. The Morgan fingerprint density at radius 1 is 1.37 bits per heavy atom. The third-order valence-electron chi connectivity index (χ3n) is 2.66. The van der Waals surface area contributed by atoms with E-state index in [0.29, 0.717) is 18.7 Å². The van der Waals surface area contributed by atoms with E-state index >= 15 is 0 Å². The van der Waals surface area contributed by atoms with Crippen molar-refractivity contribution in [2.75, 3.05) is 25.5 Å². The topological polar surface area (TPSA) is 32.3 Å². The molecule has 19 heavy (non-hydrogen) atoms. The van der Waals surface area contributed by atoms with Crippen LogP contribution in [0.5, 0.6) is 0 Å². The summed E-state index contributed by atoms with van der Waals surface area (Å²) < 4.78 is 13.8. The zero-order valence-electron chi connectivity index (χ0n) is 12.4. The maximum absolute atomic E-state index is 13.8. The number of benzene rings is 1. The van der Waals surface area contributed by atoms with Crippen LogP contribution in [0, 0.1) is 11.2 Å². The molecule has 106 valence electrons. The van der Waals surface area contributed by atoms with Gasteiger partial charge in [0.2, 0.25) is 0 Å². The number of nitrogens with zero attached hydrogens (tertiary/aromatic N) is 1. The van der Waals surface area contributed by atoms with E-state index in [1.165, 1.54) is 6.07 Å². The molecule has 4 heteroatoms. The van der Waals surface area contributed by atoms with Crippen molar-refractivity contribution in [3.05, 3.63) is 29.6 Å². The lowest BCUT2D eigenvalue weighted by atomic mass is 9.96. The number of nitrogens with one attached hydrogen (secondary N) is 1. The molecular formula is C15H23FN2O. The van der Waals surface area contributed by atoms with Crippen LogP contribution >= 0.6 is 0 Å². The second-order valence-corrected chi connectivity index (χ2v) is 5.91. The van der Waals surface area contributed by atoms with Crippen molar-refractivity contribution >= 4 is 11.6 Å². The Kier molecular flexibility index (Phi) is 4.92. The summed E-state index contributed by atoms with van der Waals surface area (Å²) in [6, 6.07) is 4.58. The molecule has 0 atom stereocenters. The van der Waals surface area contributed by atoms with Crippen LogP contribution < -0.4 is 5.32 Å². The van der Waals surface area contributed by atoms with Gasteiger partial charge in [-0.3, -0.25) is 4.79 Å². The fourth-order valence-electron chi connectivity index (χ4n) is 2.05. The lowest BCUT2D eigenvalue weighted by Crippen LogP contribution is -2.35. The summed E-state index contributed by atoms with van der Waals surface area (Å²) in [5.41, 5.74) is 0.681. The largest absolute Gasteiger partial charge is 0.382 e. The number of carbonyl (C=O) groups excluding carboxylic acids is 1. The molecule has 0 saturated carbocycles. The summed E-state index contributed by atoms with van der Waals surface area (Å²) in [7, 11) is 1.74. The van der Waals surface area contributed by atoms with Crippen LogP contribution in [0.15, 0.2) is 18.2 Å². The number of halogens is 1. The van der Waals surface area contributed by atoms with E-state index in [-0.39, 0.29) is 17.0 Å². The summed E-state index contributed by atoms with van der Waals surface area (Å²) in [5, 5.41) is 2.92. The summed E-state index contributed by atoms with van der Waals surface area (Å²) in [4.78, 5) is 14.0. The number of rotatable bonds is 4. The Morgan fingerprint density at radius 2 is 2.00 bits per heavy atom. The van der Waals surface area contributed by atoms with Crippen molar-refractivity contribution in [2.24, 2.45) is 5.41 Å². The molecule has 0 radical (unpaired) electrons. The molecule has 0 unspecified atom stereocenters. The van der Waals surface area contributed by atoms with Crippen LogP contribution in [0.1, 0.15) is 38.1 Å². The van der Waals surface area contributed by atoms with Crippen LogP contribution in [0.4, 0.5) is 10.1 Å². The summed E-state index contributed by atoms with van der Waals surface area (Å²) in [6.45, 7) is 9.26. The predicted molar refractivity (Wildman–Crippen MR) is 77.0 cm³/mol. The zero-order valence-corrected chi connectivity index (χ0v) is 12.4. The highest BCUT2D eigenvalue weighted by atomic mass is 19.1. The first kappa shape index (κ1) is 15.5. The van der Waals surface area contributed by atoms with E-state index in [1.807, 2.05) is 6.92 Å². The molecule has 3 nitrogen and oxygen atoms in total. The first-order chi connectivity index (χ1) is 8.76. The SMILES string of the molecule is CCNc1c(F)cccc1C(=O)N(C)CC(C)(C)C. The molecule has 0 aliphatic carbocycles. The minimum absolute atomic E-state index is 0.0100. The highest BCUT2D eigenvalue weighted by Gasteiger charge is 2.22. The molecule has 1 aromatic rings. The number of para-hydroxylation sites is 1. The average Bonchev–Trinajstić information content (AvgIpc) is 2.29. The van der Waals surface area contributed by atoms with Crippen molar-refractivity contribution in [1.29, 1.82) is 0 Å². The molecule has 0 saturated heterocycles. The van der Waals surface area contributed by atoms with Gasteiger partial charge in [-0.25, -0.2) is 4.39 Å². The molecule has 0 heterocycles. The fourth-order valence-corrected chi connectivity index (χ4v) is 2.05. The number of amides is 1. The van der Waals surface area contributed by atoms with Crippen LogP contribution in [-0.2, 0) is 0 Å². The van der Waals surface area contributed by atoms with Crippen molar-refractivity contribution in [2.45, 2.75) is 27.7 Å². The van der Waals surface area contributed by atoms with E-state index in [0.717, 1.165) is 0 Å². The third kappa shape index (κ3) is 4.23. The molecule has 0 aromatic heterocycles. The lowest BCUT2D eigenvalue weighted by molar-refractivity contribution is 0.0746. The molecule has 0 spiro atoms. The van der Waals surface area contributed by atoms with Gasteiger partial charge in [0.25, 0.3) is 5.91 Å². The van der Waals surface area contributed by atoms with Gasteiger partial charge in [0.1, 0.15) is 5.82 Å². The highest BCUT2D eigenvalue weighted by Crippen LogP contribution is 2.22. The molecular weight excluding hydrogens is 243 g/mol. The summed E-state index contributed by atoms with van der Waals surface area (Å²) in [6.07, 6.45) is 0. The Hall–Kier alpha value is -1.58. The van der Waals surface area contributed by atoms with Gasteiger partial charge in [0.15, 0.2) is 0 Å². The minimum Gasteiger partial charge on any atom is -0.382 e. The van der Waals surface area contributed by atoms with Crippen LogP contribution in [0.2, 0.25) is 0 Å². The Morgan fingerprint density at radius 3 is 2.53 bits per heavy atom. The second kappa shape index (κ2) is 6.04. The van der Waals surface area contributed by atoms with Gasteiger partial charge < -0.3 is 10.2 Å². The van der Waals surface area contributed by atoms with Crippen LogP contribution in [0.3, 0.4) is 0 Å². The Bertz CT molecular complexity index is 452. The molecule has 1 N–H and O–H groups in total. The molecule has 0 aliphatic rings. The molecule has 1 rings (SSSR count). The van der Waals surface area contributed by atoms with Gasteiger partial charge in [0.05, 0.1) is 11.3 Å². The number of hydrogen-bond acceptors (Lipinski definition) is 2. The van der Waals surface area contributed by atoms with Crippen LogP contribution in [0.25, 0.3) is 0 Å². The van der Waals surface area contributed by atoms with Gasteiger partial charge >= 0.3 is 0 Å². The van der Waals surface area contributed by atoms with E-state index in [2.05, 4.69) is 26.1 Å². The first-order valence-electron chi connectivity index (χ1n) is 6.54. The normalized spacial score (nSPS) is 11.3. The van der Waals surface area contributed by atoms with Crippen LogP contribution in [-0.4, -0.2) is 30.9 Å². The summed E-state index contributed by atoms with van der Waals surface area (Å²) in [5.74, 6) is -0.553. The standard InChI is InChI=1S/C15H23FN2O/c1-6-17-13-11(8-7-9-12(13)16)14(19)18(5)10-15(2,3)4/h7-9,17H,6,10H2,1-5H3. The average molecular weight is 266 g/mol. The Balaban J connectivity index is 3.02. The molecule has 0 fully saturated rings. The fraction of sp³-hybridized carbons (Fsp3) is 0.533. The van der Waals surface area contributed by atoms with E-state index in [4.69, 9.17) is 0 Å². The number of carbonyl (C=O) groups is 1. The van der Waals surface area contributed by atoms with Gasteiger partial charge in [-0.05, 0) is 24.5 Å².